The lowest BCUT2D eigenvalue weighted by Gasteiger charge is -2.23. The first-order valence-electron chi connectivity index (χ1n) is 4.90. The van der Waals surface area contributed by atoms with E-state index >= 15 is 0 Å². The molecule has 1 saturated heterocycles. The molecular formula is C9H18N2O2. The Labute approximate surface area is 78.7 Å². The fourth-order valence-corrected chi connectivity index (χ4v) is 1.91. The first-order valence-corrected chi connectivity index (χ1v) is 4.90. The van der Waals surface area contributed by atoms with Gasteiger partial charge >= 0.3 is 0 Å². The predicted octanol–water partition coefficient (Wildman–Crippen LogP) is -0.291. The minimum atomic E-state index is 0.0421. The van der Waals surface area contributed by atoms with Crippen LogP contribution in [0.1, 0.15) is 25.7 Å². The molecule has 3 N–H and O–H groups in total. The number of hydrogen-bond acceptors (Lipinski definition) is 3. The molecule has 1 amide bonds. The fraction of sp³-hybridized carbons (Fsp3) is 0.889. The highest BCUT2D eigenvalue weighted by Crippen LogP contribution is 2.20. The summed E-state index contributed by atoms with van der Waals surface area (Å²) in [6.45, 7) is 1.16. The molecule has 0 aromatic rings. The van der Waals surface area contributed by atoms with Crippen molar-refractivity contribution in [2.75, 3.05) is 19.7 Å². The summed E-state index contributed by atoms with van der Waals surface area (Å²) in [4.78, 5) is 13.2. The third-order valence-electron chi connectivity index (χ3n) is 2.57. The summed E-state index contributed by atoms with van der Waals surface area (Å²) in [6, 6.07) is 0.322. The summed E-state index contributed by atoms with van der Waals surface area (Å²) in [6.07, 6.45) is 3.81. The highest BCUT2D eigenvalue weighted by atomic mass is 16.3. The van der Waals surface area contributed by atoms with Gasteiger partial charge in [0.1, 0.15) is 0 Å². The lowest BCUT2D eigenvalue weighted by atomic mass is 10.1. The molecule has 1 rings (SSSR count). The molecule has 1 aliphatic heterocycles. The van der Waals surface area contributed by atoms with Crippen LogP contribution in [-0.4, -0.2) is 41.7 Å². The molecule has 0 radical (unpaired) electrons. The zero-order valence-corrected chi connectivity index (χ0v) is 7.91. The van der Waals surface area contributed by atoms with Crippen LogP contribution in [0.25, 0.3) is 0 Å². The van der Waals surface area contributed by atoms with Crippen molar-refractivity contribution >= 4 is 5.91 Å². The standard InChI is InChI=1S/C9H18N2O2/c10-7-9(13)11-5-1-3-8(11)4-2-6-12/h8,12H,1-7,10H2. The third-order valence-corrected chi connectivity index (χ3v) is 2.57. The van der Waals surface area contributed by atoms with E-state index in [1.54, 1.807) is 0 Å². The molecule has 0 bridgehead atoms. The Bertz CT molecular complexity index is 173. The first-order chi connectivity index (χ1) is 6.29. The van der Waals surface area contributed by atoms with E-state index in [1.165, 1.54) is 0 Å². The van der Waals surface area contributed by atoms with Crippen molar-refractivity contribution in [3.05, 3.63) is 0 Å². The summed E-state index contributed by atoms with van der Waals surface area (Å²) in [5.74, 6) is 0.0421. The van der Waals surface area contributed by atoms with Gasteiger partial charge in [-0.2, -0.15) is 0 Å². The van der Waals surface area contributed by atoms with Gasteiger partial charge in [-0.3, -0.25) is 4.79 Å². The largest absolute Gasteiger partial charge is 0.396 e. The number of hydrogen-bond donors (Lipinski definition) is 2. The van der Waals surface area contributed by atoms with Crippen molar-refractivity contribution < 1.29 is 9.90 Å². The van der Waals surface area contributed by atoms with Gasteiger partial charge in [-0.1, -0.05) is 0 Å². The zero-order chi connectivity index (χ0) is 9.68. The maximum Gasteiger partial charge on any atom is 0.236 e. The molecule has 1 atom stereocenters. The molecule has 4 heteroatoms. The summed E-state index contributed by atoms with van der Waals surface area (Å²) in [7, 11) is 0. The Kier molecular flexibility index (Phi) is 4.18. The van der Waals surface area contributed by atoms with Crippen molar-refractivity contribution in [3.63, 3.8) is 0 Å². The number of rotatable bonds is 4. The van der Waals surface area contributed by atoms with Crippen LogP contribution in [0.4, 0.5) is 0 Å². The maximum atomic E-state index is 11.3. The highest BCUT2D eigenvalue weighted by Gasteiger charge is 2.26. The van der Waals surface area contributed by atoms with Crippen LogP contribution < -0.4 is 5.73 Å². The van der Waals surface area contributed by atoms with Gasteiger partial charge in [-0.05, 0) is 25.7 Å². The first kappa shape index (κ1) is 10.5. The summed E-state index contributed by atoms with van der Waals surface area (Å²) >= 11 is 0. The van der Waals surface area contributed by atoms with Gasteiger partial charge in [-0.25, -0.2) is 0 Å². The highest BCUT2D eigenvalue weighted by molar-refractivity contribution is 5.78. The molecule has 0 saturated carbocycles. The van der Waals surface area contributed by atoms with Gasteiger partial charge in [-0.15, -0.1) is 0 Å². The smallest absolute Gasteiger partial charge is 0.236 e. The number of amides is 1. The van der Waals surface area contributed by atoms with E-state index in [1.807, 2.05) is 4.90 Å². The number of aliphatic hydroxyl groups excluding tert-OH is 1. The van der Waals surface area contributed by atoms with Crippen molar-refractivity contribution in [2.45, 2.75) is 31.7 Å². The Morgan fingerprint density at radius 1 is 1.62 bits per heavy atom. The molecule has 76 valence electrons. The van der Waals surface area contributed by atoms with E-state index < -0.39 is 0 Å². The Morgan fingerprint density at radius 3 is 3.00 bits per heavy atom. The molecule has 0 spiro atoms. The second kappa shape index (κ2) is 5.19. The second-order valence-corrected chi connectivity index (χ2v) is 3.45. The number of likely N-dealkylation sites (tertiary alicyclic amines) is 1. The number of aliphatic hydroxyl groups is 1. The van der Waals surface area contributed by atoms with E-state index in [2.05, 4.69) is 0 Å². The molecular weight excluding hydrogens is 168 g/mol. The summed E-state index contributed by atoms with van der Waals surface area (Å²) in [5.41, 5.74) is 5.30. The summed E-state index contributed by atoms with van der Waals surface area (Å²) in [5, 5.41) is 8.68. The number of carbonyl (C=O) groups excluding carboxylic acids is 1. The molecule has 13 heavy (non-hydrogen) atoms. The lowest BCUT2D eigenvalue weighted by molar-refractivity contribution is -0.130. The third kappa shape index (κ3) is 2.67. The molecule has 1 aliphatic rings. The molecule has 0 aliphatic carbocycles. The van der Waals surface area contributed by atoms with E-state index in [4.69, 9.17) is 10.8 Å². The minimum absolute atomic E-state index is 0.0421. The SMILES string of the molecule is NCC(=O)N1CCCC1CCCO. The van der Waals surface area contributed by atoms with Crippen molar-refractivity contribution in [1.29, 1.82) is 0 Å². The van der Waals surface area contributed by atoms with Crippen LogP contribution in [0, 0.1) is 0 Å². The average Bonchev–Trinajstić information content (AvgIpc) is 2.61. The monoisotopic (exact) mass is 186 g/mol. The minimum Gasteiger partial charge on any atom is -0.396 e. The quantitative estimate of drug-likeness (QED) is 0.634. The zero-order valence-electron chi connectivity index (χ0n) is 7.91. The predicted molar refractivity (Wildman–Crippen MR) is 50.1 cm³/mol. The van der Waals surface area contributed by atoms with Crippen LogP contribution in [-0.2, 0) is 4.79 Å². The van der Waals surface area contributed by atoms with Gasteiger partial charge in [0, 0.05) is 19.2 Å². The number of nitrogens with zero attached hydrogens (tertiary/aromatic N) is 1. The van der Waals surface area contributed by atoms with Gasteiger partial charge in [0.25, 0.3) is 0 Å². The van der Waals surface area contributed by atoms with E-state index in [0.717, 1.165) is 32.2 Å². The molecule has 4 nitrogen and oxygen atoms in total. The van der Waals surface area contributed by atoms with Crippen LogP contribution in [0.2, 0.25) is 0 Å². The Balaban J connectivity index is 2.39. The summed E-state index contributed by atoms with van der Waals surface area (Å²) < 4.78 is 0. The van der Waals surface area contributed by atoms with E-state index in [9.17, 15) is 4.79 Å². The van der Waals surface area contributed by atoms with E-state index in [-0.39, 0.29) is 19.1 Å². The van der Waals surface area contributed by atoms with Crippen LogP contribution in [0.3, 0.4) is 0 Å². The van der Waals surface area contributed by atoms with Gasteiger partial charge in [0.15, 0.2) is 0 Å². The second-order valence-electron chi connectivity index (χ2n) is 3.45. The Morgan fingerprint density at radius 2 is 2.38 bits per heavy atom. The molecule has 1 unspecified atom stereocenters. The maximum absolute atomic E-state index is 11.3. The van der Waals surface area contributed by atoms with Crippen molar-refractivity contribution in [2.24, 2.45) is 5.73 Å². The van der Waals surface area contributed by atoms with Crippen molar-refractivity contribution in [3.8, 4) is 0 Å². The Hall–Kier alpha value is -0.610. The van der Waals surface area contributed by atoms with Crippen LogP contribution in [0.15, 0.2) is 0 Å². The van der Waals surface area contributed by atoms with Crippen LogP contribution in [0.5, 0.6) is 0 Å². The normalized spacial score (nSPS) is 22.3. The topological polar surface area (TPSA) is 66.6 Å². The van der Waals surface area contributed by atoms with Gasteiger partial charge in [0.05, 0.1) is 6.54 Å². The van der Waals surface area contributed by atoms with E-state index in [0.29, 0.717) is 6.04 Å². The lowest BCUT2D eigenvalue weighted by Crippen LogP contribution is -2.39. The van der Waals surface area contributed by atoms with Crippen LogP contribution >= 0.6 is 0 Å². The molecule has 0 aromatic heterocycles. The average molecular weight is 186 g/mol. The number of nitrogens with two attached hydrogens (primary N) is 1. The number of carbonyl (C=O) groups is 1. The fourth-order valence-electron chi connectivity index (χ4n) is 1.91. The molecule has 1 fully saturated rings. The van der Waals surface area contributed by atoms with Crippen molar-refractivity contribution in [1.82, 2.24) is 4.90 Å². The van der Waals surface area contributed by atoms with Gasteiger partial charge in [0.2, 0.25) is 5.91 Å². The van der Waals surface area contributed by atoms with Gasteiger partial charge < -0.3 is 15.7 Å². The molecule has 1 heterocycles. The molecule has 0 aromatic carbocycles.